The predicted octanol–water partition coefficient (Wildman–Crippen LogP) is 3.37. The number of carbonyl (C=O) groups is 1. The summed E-state index contributed by atoms with van der Waals surface area (Å²) < 4.78 is 15.9. The summed E-state index contributed by atoms with van der Waals surface area (Å²) >= 11 is 0. The molecule has 0 saturated carbocycles. The minimum absolute atomic E-state index is 0.389. The van der Waals surface area contributed by atoms with Crippen molar-refractivity contribution in [1.29, 1.82) is 0 Å². The van der Waals surface area contributed by atoms with E-state index in [1.807, 2.05) is 37.3 Å². The SMILES string of the molecule is COC(=O)c1cc(OCc2ccccc2)c(OC)cc1C. The molecule has 4 nitrogen and oxygen atoms in total. The molecule has 0 unspecified atom stereocenters. The van der Waals surface area contributed by atoms with E-state index in [1.165, 1.54) is 7.11 Å². The third-order valence-electron chi connectivity index (χ3n) is 3.15. The fraction of sp³-hybridized carbons (Fsp3) is 0.235. The molecule has 0 spiro atoms. The zero-order chi connectivity index (χ0) is 15.2. The van der Waals surface area contributed by atoms with E-state index in [0.29, 0.717) is 23.7 Å². The molecule has 0 N–H and O–H groups in total. The second-order valence-electron chi connectivity index (χ2n) is 4.58. The highest BCUT2D eigenvalue weighted by Crippen LogP contribution is 2.31. The Hall–Kier alpha value is -2.49. The number of esters is 1. The van der Waals surface area contributed by atoms with Crippen molar-refractivity contribution in [3.8, 4) is 11.5 Å². The summed E-state index contributed by atoms with van der Waals surface area (Å²) in [6, 6.07) is 13.2. The first-order valence-electron chi connectivity index (χ1n) is 6.59. The van der Waals surface area contributed by atoms with Gasteiger partial charge in [0.25, 0.3) is 0 Å². The molecule has 0 bridgehead atoms. The van der Waals surface area contributed by atoms with Crippen LogP contribution in [0.2, 0.25) is 0 Å². The van der Waals surface area contributed by atoms with E-state index in [9.17, 15) is 4.79 Å². The van der Waals surface area contributed by atoms with Crippen molar-refractivity contribution in [2.24, 2.45) is 0 Å². The largest absolute Gasteiger partial charge is 0.493 e. The van der Waals surface area contributed by atoms with Crippen LogP contribution in [0.1, 0.15) is 21.5 Å². The van der Waals surface area contributed by atoms with E-state index >= 15 is 0 Å². The van der Waals surface area contributed by atoms with Crippen LogP contribution >= 0.6 is 0 Å². The molecule has 0 heterocycles. The maximum atomic E-state index is 11.7. The maximum Gasteiger partial charge on any atom is 0.338 e. The van der Waals surface area contributed by atoms with Crippen LogP contribution in [0.4, 0.5) is 0 Å². The lowest BCUT2D eigenvalue weighted by Gasteiger charge is -2.14. The van der Waals surface area contributed by atoms with Crippen LogP contribution in [0.5, 0.6) is 11.5 Å². The fourth-order valence-corrected chi connectivity index (χ4v) is 2.00. The molecule has 0 atom stereocenters. The van der Waals surface area contributed by atoms with Crippen LogP contribution < -0.4 is 9.47 Å². The van der Waals surface area contributed by atoms with E-state index < -0.39 is 0 Å². The smallest absolute Gasteiger partial charge is 0.338 e. The minimum Gasteiger partial charge on any atom is -0.493 e. The zero-order valence-corrected chi connectivity index (χ0v) is 12.4. The van der Waals surface area contributed by atoms with Gasteiger partial charge in [-0.25, -0.2) is 4.79 Å². The highest BCUT2D eigenvalue weighted by atomic mass is 16.5. The molecule has 0 aromatic heterocycles. The van der Waals surface area contributed by atoms with Gasteiger partial charge in [-0.1, -0.05) is 30.3 Å². The van der Waals surface area contributed by atoms with E-state index in [1.54, 1.807) is 19.2 Å². The number of aryl methyl sites for hydroxylation is 1. The summed E-state index contributed by atoms with van der Waals surface area (Å²) in [4.78, 5) is 11.7. The van der Waals surface area contributed by atoms with Gasteiger partial charge in [-0.15, -0.1) is 0 Å². The minimum atomic E-state index is -0.389. The summed E-state index contributed by atoms with van der Waals surface area (Å²) in [5.74, 6) is 0.725. The number of benzene rings is 2. The summed E-state index contributed by atoms with van der Waals surface area (Å²) in [6.07, 6.45) is 0. The van der Waals surface area contributed by atoms with Crippen molar-refractivity contribution in [2.75, 3.05) is 14.2 Å². The molecule has 0 aliphatic rings. The van der Waals surface area contributed by atoms with Crippen LogP contribution in [0.3, 0.4) is 0 Å². The molecule has 2 rings (SSSR count). The molecule has 2 aromatic carbocycles. The molecule has 0 amide bonds. The molecule has 0 fully saturated rings. The van der Waals surface area contributed by atoms with Gasteiger partial charge in [0, 0.05) is 0 Å². The van der Waals surface area contributed by atoms with Gasteiger partial charge in [0.1, 0.15) is 6.61 Å². The van der Waals surface area contributed by atoms with Gasteiger partial charge in [-0.2, -0.15) is 0 Å². The first kappa shape index (κ1) is 14.9. The fourth-order valence-electron chi connectivity index (χ4n) is 2.00. The normalized spacial score (nSPS) is 10.0. The maximum absolute atomic E-state index is 11.7. The molecule has 2 aromatic rings. The zero-order valence-electron chi connectivity index (χ0n) is 12.4. The van der Waals surface area contributed by atoms with Crippen LogP contribution in [-0.4, -0.2) is 20.2 Å². The molecule has 4 heteroatoms. The van der Waals surface area contributed by atoms with Gasteiger partial charge in [0.05, 0.1) is 19.8 Å². The first-order chi connectivity index (χ1) is 10.2. The van der Waals surface area contributed by atoms with Gasteiger partial charge < -0.3 is 14.2 Å². The monoisotopic (exact) mass is 286 g/mol. The van der Waals surface area contributed by atoms with Crippen molar-refractivity contribution in [2.45, 2.75) is 13.5 Å². The first-order valence-corrected chi connectivity index (χ1v) is 6.59. The Labute approximate surface area is 124 Å². The van der Waals surface area contributed by atoms with Crippen molar-refractivity contribution >= 4 is 5.97 Å². The van der Waals surface area contributed by atoms with Gasteiger partial charge in [-0.3, -0.25) is 0 Å². The average Bonchev–Trinajstić information content (AvgIpc) is 2.53. The van der Waals surface area contributed by atoms with E-state index in [-0.39, 0.29) is 5.97 Å². The molecular weight excluding hydrogens is 268 g/mol. The lowest BCUT2D eigenvalue weighted by molar-refractivity contribution is 0.0599. The third kappa shape index (κ3) is 3.54. The lowest BCUT2D eigenvalue weighted by Crippen LogP contribution is -2.06. The highest BCUT2D eigenvalue weighted by Gasteiger charge is 2.15. The molecule has 0 saturated heterocycles. The number of hydrogen-bond acceptors (Lipinski definition) is 4. The average molecular weight is 286 g/mol. The topological polar surface area (TPSA) is 44.8 Å². The van der Waals surface area contributed by atoms with E-state index in [2.05, 4.69) is 0 Å². The van der Waals surface area contributed by atoms with E-state index in [0.717, 1.165) is 11.1 Å². The van der Waals surface area contributed by atoms with Gasteiger partial charge in [-0.05, 0) is 30.2 Å². The molecule has 110 valence electrons. The molecular formula is C17H18O4. The second kappa shape index (κ2) is 6.79. The number of rotatable bonds is 5. The van der Waals surface area contributed by atoms with E-state index in [4.69, 9.17) is 14.2 Å². The third-order valence-corrected chi connectivity index (χ3v) is 3.15. The molecule has 21 heavy (non-hydrogen) atoms. The molecule has 0 aliphatic carbocycles. The summed E-state index contributed by atoms with van der Waals surface area (Å²) in [7, 11) is 2.93. The second-order valence-corrected chi connectivity index (χ2v) is 4.58. The standard InChI is InChI=1S/C17H18O4/c1-12-9-15(19-2)16(10-14(12)17(18)20-3)21-11-13-7-5-4-6-8-13/h4-10H,11H2,1-3H3. The van der Waals surface area contributed by atoms with Gasteiger partial charge >= 0.3 is 5.97 Å². The summed E-state index contributed by atoms with van der Waals surface area (Å²) in [6.45, 7) is 2.23. The Balaban J connectivity index is 2.26. The Morgan fingerprint density at radius 1 is 1.05 bits per heavy atom. The number of ether oxygens (including phenoxy) is 3. The number of methoxy groups -OCH3 is 2. The van der Waals surface area contributed by atoms with Crippen LogP contribution in [-0.2, 0) is 11.3 Å². The molecule has 0 aliphatic heterocycles. The summed E-state index contributed by atoms with van der Waals surface area (Å²) in [5.41, 5.74) is 2.30. The van der Waals surface area contributed by atoms with Crippen LogP contribution in [0, 0.1) is 6.92 Å². The number of hydrogen-bond donors (Lipinski definition) is 0. The lowest BCUT2D eigenvalue weighted by atomic mass is 10.1. The van der Waals surface area contributed by atoms with Crippen molar-refractivity contribution in [3.63, 3.8) is 0 Å². The van der Waals surface area contributed by atoms with Crippen molar-refractivity contribution in [3.05, 3.63) is 59.2 Å². The Morgan fingerprint density at radius 2 is 1.76 bits per heavy atom. The van der Waals surface area contributed by atoms with Crippen LogP contribution in [0.15, 0.2) is 42.5 Å². The predicted molar refractivity (Wildman–Crippen MR) is 79.8 cm³/mol. The Bertz CT molecular complexity index is 620. The van der Waals surface area contributed by atoms with Gasteiger partial charge in [0.15, 0.2) is 11.5 Å². The molecule has 0 radical (unpaired) electrons. The quantitative estimate of drug-likeness (QED) is 0.790. The van der Waals surface area contributed by atoms with Crippen LogP contribution in [0.25, 0.3) is 0 Å². The van der Waals surface area contributed by atoms with Crippen molar-refractivity contribution < 1.29 is 19.0 Å². The highest BCUT2D eigenvalue weighted by molar-refractivity contribution is 5.91. The Kier molecular flexibility index (Phi) is 4.82. The van der Waals surface area contributed by atoms with Gasteiger partial charge in [0.2, 0.25) is 0 Å². The summed E-state index contributed by atoms with van der Waals surface area (Å²) in [5, 5.41) is 0. The van der Waals surface area contributed by atoms with Crippen molar-refractivity contribution in [1.82, 2.24) is 0 Å². The number of carbonyl (C=O) groups excluding carboxylic acids is 1. The Morgan fingerprint density at radius 3 is 2.38 bits per heavy atom.